The van der Waals surface area contributed by atoms with E-state index >= 15 is 0 Å². The third-order valence-corrected chi connectivity index (χ3v) is 3.45. The highest BCUT2D eigenvalue weighted by molar-refractivity contribution is 6.16. The summed E-state index contributed by atoms with van der Waals surface area (Å²) in [6.45, 7) is 0. The predicted molar refractivity (Wildman–Crippen MR) is 98.6 cm³/mol. The Morgan fingerprint density at radius 1 is 0.714 bits per heavy atom. The molecule has 0 unspecified atom stereocenters. The molecule has 0 aromatic heterocycles. The van der Waals surface area contributed by atoms with E-state index in [0.717, 1.165) is 6.08 Å². The maximum Gasteiger partial charge on any atom is 0.343 e. The van der Waals surface area contributed by atoms with Gasteiger partial charge in [0.25, 0.3) is 0 Å². The van der Waals surface area contributed by atoms with Crippen LogP contribution in [0.15, 0.2) is 66.2 Å². The molecule has 2 rings (SSSR count). The molecule has 0 atom stereocenters. The van der Waals surface area contributed by atoms with Crippen molar-refractivity contribution in [1.29, 1.82) is 0 Å². The van der Waals surface area contributed by atoms with Crippen molar-refractivity contribution in [3.05, 3.63) is 77.4 Å². The van der Waals surface area contributed by atoms with E-state index in [1.165, 1.54) is 0 Å². The zero-order valence-corrected chi connectivity index (χ0v) is 14.6. The molecule has 0 aliphatic heterocycles. The van der Waals surface area contributed by atoms with Gasteiger partial charge in [0.05, 0.1) is 0 Å². The predicted octanol–water partition coefficient (Wildman–Crippen LogP) is 2.25. The Kier molecular flexibility index (Phi) is 8.62. The number of rotatable bonds is 7. The summed E-state index contributed by atoms with van der Waals surface area (Å²) in [6.07, 6.45) is 1.14. The standard InChI is InChI=1S/C10H10O4.C10H8O4/c2*11-9(12)8(10(13)14)6-7-4-2-1-3-5-7/h1-5,8H,6H2,(H,11,12)(H,13,14);1-6H,(H,11,12)(H,13,14). The molecule has 0 heterocycles. The fourth-order valence-corrected chi connectivity index (χ4v) is 2.06. The van der Waals surface area contributed by atoms with Gasteiger partial charge in [-0.2, -0.15) is 0 Å². The van der Waals surface area contributed by atoms with Crippen LogP contribution >= 0.6 is 0 Å². The molecule has 0 amide bonds. The highest BCUT2D eigenvalue weighted by Gasteiger charge is 2.25. The Balaban J connectivity index is 0.000000280. The minimum atomic E-state index is -1.44. The van der Waals surface area contributed by atoms with Crippen LogP contribution in [0.2, 0.25) is 0 Å². The second-order valence-corrected chi connectivity index (χ2v) is 5.50. The first kappa shape index (κ1) is 22.1. The first-order valence-corrected chi connectivity index (χ1v) is 7.95. The number of carbonyl (C=O) groups is 4. The van der Waals surface area contributed by atoms with Gasteiger partial charge in [-0.15, -0.1) is 0 Å². The van der Waals surface area contributed by atoms with Gasteiger partial charge in [0.2, 0.25) is 0 Å². The van der Waals surface area contributed by atoms with Crippen LogP contribution in [-0.4, -0.2) is 44.3 Å². The zero-order chi connectivity index (χ0) is 21.1. The lowest BCUT2D eigenvalue weighted by atomic mass is 10.00. The summed E-state index contributed by atoms with van der Waals surface area (Å²) in [7, 11) is 0. The summed E-state index contributed by atoms with van der Waals surface area (Å²) in [6, 6.07) is 17.1. The van der Waals surface area contributed by atoms with Gasteiger partial charge in [-0.25, -0.2) is 9.59 Å². The maximum absolute atomic E-state index is 10.6. The quantitative estimate of drug-likeness (QED) is 0.321. The molecule has 0 spiro atoms. The Morgan fingerprint density at radius 3 is 1.54 bits per heavy atom. The smallest absolute Gasteiger partial charge is 0.343 e. The highest BCUT2D eigenvalue weighted by Crippen LogP contribution is 2.09. The van der Waals surface area contributed by atoms with Crippen LogP contribution in [0.4, 0.5) is 0 Å². The molecule has 2 aromatic rings. The topological polar surface area (TPSA) is 149 Å². The van der Waals surface area contributed by atoms with Crippen molar-refractivity contribution in [3.63, 3.8) is 0 Å². The van der Waals surface area contributed by atoms with E-state index in [1.807, 2.05) is 0 Å². The maximum atomic E-state index is 10.6. The minimum absolute atomic E-state index is 0.0194. The van der Waals surface area contributed by atoms with Crippen molar-refractivity contribution in [1.82, 2.24) is 0 Å². The summed E-state index contributed by atoms with van der Waals surface area (Å²) in [5.41, 5.74) is 0.616. The molecule has 0 fully saturated rings. The van der Waals surface area contributed by atoms with Gasteiger partial charge >= 0.3 is 23.9 Å². The first-order chi connectivity index (χ1) is 13.2. The fourth-order valence-electron chi connectivity index (χ4n) is 2.06. The SMILES string of the molecule is O=C(O)C(=Cc1ccccc1)C(=O)O.O=C(O)C(Cc1ccccc1)C(=O)O. The normalized spacial score (nSPS) is 9.61. The Morgan fingerprint density at radius 2 is 1.14 bits per heavy atom. The van der Waals surface area contributed by atoms with Gasteiger partial charge in [0, 0.05) is 0 Å². The monoisotopic (exact) mass is 386 g/mol. The second kappa shape index (κ2) is 10.9. The number of benzene rings is 2. The number of hydrogen-bond acceptors (Lipinski definition) is 4. The van der Waals surface area contributed by atoms with Gasteiger partial charge in [-0.3, -0.25) is 9.59 Å². The average molecular weight is 386 g/mol. The number of aliphatic carboxylic acids is 4. The van der Waals surface area contributed by atoms with Crippen LogP contribution in [-0.2, 0) is 25.6 Å². The summed E-state index contributed by atoms with van der Waals surface area (Å²) < 4.78 is 0. The molecule has 4 N–H and O–H groups in total. The van der Waals surface area contributed by atoms with E-state index in [2.05, 4.69) is 0 Å². The summed E-state index contributed by atoms with van der Waals surface area (Å²) in [5, 5.41) is 34.4. The van der Waals surface area contributed by atoms with Crippen LogP contribution in [0, 0.1) is 5.92 Å². The highest BCUT2D eigenvalue weighted by atomic mass is 16.4. The average Bonchev–Trinajstić information content (AvgIpc) is 2.65. The zero-order valence-electron chi connectivity index (χ0n) is 14.6. The molecule has 0 saturated heterocycles. The molecule has 0 aliphatic carbocycles. The third-order valence-electron chi connectivity index (χ3n) is 3.45. The van der Waals surface area contributed by atoms with Crippen molar-refractivity contribution in [2.45, 2.75) is 6.42 Å². The molecule has 8 heteroatoms. The van der Waals surface area contributed by atoms with Crippen molar-refractivity contribution in [2.75, 3.05) is 0 Å². The van der Waals surface area contributed by atoms with Crippen molar-refractivity contribution in [2.24, 2.45) is 5.92 Å². The van der Waals surface area contributed by atoms with E-state index in [1.54, 1.807) is 60.7 Å². The van der Waals surface area contributed by atoms with Gasteiger partial charge in [0.15, 0.2) is 5.92 Å². The van der Waals surface area contributed by atoms with Crippen molar-refractivity contribution in [3.8, 4) is 0 Å². The van der Waals surface area contributed by atoms with Crippen LogP contribution in [0.1, 0.15) is 11.1 Å². The minimum Gasteiger partial charge on any atom is -0.481 e. The van der Waals surface area contributed by atoms with Gasteiger partial charge in [-0.1, -0.05) is 60.7 Å². The van der Waals surface area contributed by atoms with Crippen molar-refractivity contribution >= 4 is 30.0 Å². The molecule has 8 nitrogen and oxygen atoms in total. The summed E-state index contributed by atoms with van der Waals surface area (Å²) in [5.74, 6) is -6.86. The molecule has 28 heavy (non-hydrogen) atoms. The number of carboxylic acids is 4. The van der Waals surface area contributed by atoms with E-state index in [9.17, 15) is 19.2 Å². The molecule has 0 bridgehead atoms. The first-order valence-electron chi connectivity index (χ1n) is 7.95. The molecule has 0 radical (unpaired) electrons. The van der Waals surface area contributed by atoms with E-state index in [4.69, 9.17) is 20.4 Å². The third kappa shape index (κ3) is 7.52. The molecule has 0 aliphatic rings. The summed E-state index contributed by atoms with van der Waals surface area (Å²) in [4.78, 5) is 42.1. The van der Waals surface area contributed by atoms with Gasteiger partial charge < -0.3 is 20.4 Å². The van der Waals surface area contributed by atoms with Crippen LogP contribution in [0.25, 0.3) is 6.08 Å². The molecule has 146 valence electrons. The largest absolute Gasteiger partial charge is 0.481 e. The van der Waals surface area contributed by atoms with Gasteiger partial charge in [0.1, 0.15) is 5.57 Å². The van der Waals surface area contributed by atoms with E-state index in [0.29, 0.717) is 11.1 Å². The Labute approximate surface area is 160 Å². The lowest BCUT2D eigenvalue weighted by Gasteiger charge is -2.06. The molecule has 0 saturated carbocycles. The second-order valence-electron chi connectivity index (χ2n) is 5.50. The lowest BCUT2D eigenvalue weighted by Crippen LogP contribution is -2.25. The van der Waals surface area contributed by atoms with Crippen LogP contribution in [0.3, 0.4) is 0 Å². The number of hydrogen-bond donors (Lipinski definition) is 4. The number of carboxylic acid groups (broad SMARTS) is 4. The van der Waals surface area contributed by atoms with Crippen LogP contribution < -0.4 is 0 Å². The van der Waals surface area contributed by atoms with E-state index in [-0.39, 0.29) is 6.42 Å². The summed E-state index contributed by atoms with van der Waals surface area (Å²) >= 11 is 0. The molecule has 2 aromatic carbocycles. The Bertz CT molecular complexity index is 826. The fraction of sp³-hybridized carbons (Fsp3) is 0.100. The van der Waals surface area contributed by atoms with Crippen molar-refractivity contribution < 1.29 is 39.6 Å². The van der Waals surface area contributed by atoms with E-state index < -0.39 is 35.4 Å². The lowest BCUT2D eigenvalue weighted by molar-refractivity contribution is -0.154. The Hall–Kier alpha value is -3.94. The molecular weight excluding hydrogens is 368 g/mol. The van der Waals surface area contributed by atoms with Crippen LogP contribution in [0.5, 0.6) is 0 Å². The van der Waals surface area contributed by atoms with Gasteiger partial charge in [-0.05, 0) is 23.6 Å². The molecular formula is C20H18O8.